The first-order chi connectivity index (χ1) is 8.62. The van der Waals surface area contributed by atoms with Gasteiger partial charge in [0.25, 0.3) is 0 Å². The van der Waals surface area contributed by atoms with Gasteiger partial charge in [-0.3, -0.25) is 0 Å². The zero-order valence-electron chi connectivity index (χ0n) is 11.7. The summed E-state index contributed by atoms with van der Waals surface area (Å²) in [5.74, 6) is 1.62. The van der Waals surface area contributed by atoms with Gasteiger partial charge in [0.1, 0.15) is 0 Å². The van der Waals surface area contributed by atoms with E-state index in [4.69, 9.17) is 9.47 Å². The predicted molar refractivity (Wildman–Crippen MR) is 73.6 cm³/mol. The van der Waals surface area contributed by atoms with Crippen molar-refractivity contribution in [1.29, 1.82) is 0 Å². The van der Waals surface area contributed by atoms with Crippen LogP contribution in [0.2, 0.25) is 0 Å². The zero-order chi connectivity index (χ0) is 13.2. The Morgan fingerprint density at radius 3 is 2.50 bits per heavy atom. The third-order valence-corrected chi connectivity index (χ3v) is 4.23. The van der Waals surface area contributed by atoms with Crippen molar-refractivity contribution >= 4 is 0 Å². The highest BCUT2D eigenvalue weighted by Crippen LogP contribution is 2.43. The van der Waals surface area contributed by atoms with E-state index in [-0.39, 0.29) is 5.41 Å². The lowest BCUT2D eigenvalue weighted by atomic mass is 9.80. The molecule has 1 aliphatic rings. The van der Waals surface area contributed by atoms with E-state index in [1.807, 2.05) is 13.1 Å². The summed E-state index contributed by atoms with van der Waals surface area (Å²) in [5.41, 5.74) is 1.59. The van der Waals surface area contributed by atoms with Crippen LogP contribution in [0.3, 0.4) is 0 Å². The van der Waals surface area contributed by atoms with Gasteiger partial charge >= 0.3 is 0 Å². The van der Waals surface area contributed by atoms with Crippen molar-refractivity contribution in [3.8, 4) is 11.5 Å². The number of nitrogens with one attached hydrogen (secondary N) is 1. The van der Waals surface area contributed by atoms with Crippen LogP contribution in [0.1, 0.15) is 31.7 Å². The third-order valence-electron chi connectivity index (χ3n) is 4.23. The Bertz CT molecular complexity index is 419. The fourth-order valence-electron chi connectivity index (χ4n) is 2.96. The summed E-state index contributed by atoms with van der Waals surface area (Å²) in [6.45, 7) is 2.34. The molecule has 1 fully saturated rings. The molecule has 2 unspecified atom stereocenters. The first-order valence-electron chi connectivity index (χ1n) is 6.53. The standard InChI is InChI=1S/C15H23NO2/c1-15(8-7-12(10-15)16-2)11-5-6-13(17-3)14(9-11)18-4/h5-6,9,12,16H,7-8,10H2,1-4H3. The van der Waals surface area contributed by atoms with Crippen molar-refractivity contribution in [3.05, 3.63) is 23.8 Å². The maximum Gasteiger partial charge on any atom is 0.161 e. The number of ether oxygens (including phenoxy) is 2. The van der Waals surface area contributed by atoms with Gasteiger partial charge in [0, 0.05) is 6.04 Å². The molecule has 3 nitrogen and oxygen atoms in total. The second-order valence-electron chi connectivity index (χ2n) is 5.36. The molecule has 2 atom stereocenters. The largest absolute Gasteiger partial charge is 0.493 e. The minimum Gasteiger partial charge on any atom is -0.493 e. The second kappa shape index (κ2) is 5.19. The lowest BCUT2D eigenvalue weighted by Gasteiger charge is -2.26. The van der Waals surface area contributed by atoms with Crippen LogP contribution in [-0.2, 0) is 5.41 Å². The minimum absolute atomic E-state index is 0.243. The van der Waals surface area contributed by atoms with Crippen molar-refractivity contribution < 1.29 is 9.47 Å². The Morgan fingerprint density at radius 2 is 1.94 bits per heavy atom. The molecule has 0 spiro atoms. The normalized spacial score (nSPS) is 27.2. The Morgan fingerprint density at radius 1 is 1.22 bits per heavy atom. The molecular weight excluding hydrogens is 226 g/mol. The topological polar surface area (TPSA) is 30.5 Å². The van der Waals surface area contributed by atoms with Crippen LogP contribution in [0, 0.1) is 0 Å². The van der Waals surface area contributed by atoms with Crippen LogP contribution in [-0.4, -0.2) is 27.3 Å². The Balaban J connectivity index is 2.28. The van der Waals surface area contributed by atoms with Crippen LogP contribution in [0.5, 0.6) is 11.5 Å². The monoisotopic (exact) mass is 249 g/mol. The molecule has 0 bridgehead atoms. The number of rotatable bonds is 4. The van der Waals surface area contributed by atoms with E-state index < -0.39 is 0 Å². The molecule has 0 aliphatic heterocycles. The average molecular weight is 249 g/mol. The van der Waals surface area contributed by atoms with Gasteiger partial charge in [-0.1, -0.05) is 13.0 Å². The molecule has 1 aromatic rings. The molecule has 100 valence electrons. The second-order valence-corrected chi connectivity index (χ2v) is 5.36. The smallest absolute Gasteiger partial charge is 0.161 e. The van der Waals surface area contributed by atoms with Crippen molar-refractivity contribution in [2.24, 2.45) is 0 Å². The highest BCUT2D eigenvalue weighted by Gasteiger charge is 2.36. The number of hydrogen-bond donors (Lipinski definition) is 1. The predicted octanol–water partition coefficient (Wildman–Crippen LogP) is 2.73. The SMILES string of the molecule is CNC1CCC(C)(c2ccc(OC)c(OC)c2)C1. The Kier molecular flexibility index (Phi) is 3.81. The summed E-state index contributed by atoms with van der Waals surface area (Å²) in [6, 6.07) is 6.92. The van der Waals surface area contributed by atoms with Gasteiger partial charge in [-0.2, -0.15) is 0 Å². The van der Waals surface area contributed by atoms with E-state index in [0.717, 1.165) is 11.5 Å². The highest BCUT2D eigenvalue weighted by atomic mass is 16.5. The van der Waals surface area contributed by atoms with Gasteiger partial charge in [-0.15, -0.1) is 0 Å². The highest BCUT2D eigenvalue weighted by molar-refractivity contribution is 5.45. The summed E-state index contributed by atoms with van der Waals surface area (Å²) in [4.78, 5) is 0. The van der Waals surface area contributed by atoms with Crippen LogP contribution >= 0.6 is 0 Å². The van der Waals surface area contributed by atoms with Crippen molar-refractivity contribution in [3.63, 3.8) is 0 Å². The maximum absolute atomic E-state index is 5.39. The molecule has 1 N–H and O–H groups in total. The molecule has 0 saturated heterocycles. The lowest BCUT2D eigenvalue weighted by molar-refractivity contribution is 0.352. The third kappa shape index (κ3) is 2.32. The number of methoxy groups -OCH3 is 2. The summed E-state index contributed by atoms with van der Waals surface area (Å²) in [6.07, 6.45) is 3.63. The van der Waals surface area contributed by atoms with E-state index in [2.05, 4.69) is 24.4 Å². The van der Waals surface area contributed by atoms with Crippen LogP contribution < -0.4 is 14.8 Å². The van der Waals surface area contributed by atoms with Gasteiger partial charge in [-0.05, 0) is 49.4 Å². The molecule has 0 heterocycles. The fraction of sp³-hybridized carbons (Fsp3) is 0.600. The Labute approximate surface area is 109 Å². The molecule has 3 heteroatoms. The minimum atomic E-state index is 0.243. The van der Waals surface area contributed by atoms with E-state index in [1.165, 1.54) is 24.8 Å². The van der Waals surface area contributed by atoms with Gasteiger partial charge in [-0.25, -0.2) is 0 Å². The fourth-order valence-corrected chi connectivity index (χ4v) is 2.96. The van der Waals surface area contributed by atoms with Crippen molar-refractivity contribution in [1.82, 2.24) is 5.32 Å². The van der Waals surface area contributed by atoms with E-state index in [1.54, 1.807) is 14.2 Å². The van der Waals surface area contributed by atoms with E-state index >= 15 is 0 Å². The molecule has 0 aromatic heterocycles. The quantitative estimate of drug-likeness (QED) is 0.890. The average Bonchev–Trinajstić information content (AvgIpc) is 2.81. The Hall–Kier alpha value is -1.22. The summed E-state index contributed by atoms with van der Waals surface area (Å²) in [7, 11) is 5.41. The molecule has 2 rings (SSSR count). The molecular formula is C15H23NO2. The van der Waals surface area contributed by atoms with Gasteiger partial charge in [0.05, 0.1) is 14.2 Å². The number of benzene rings is 1. The molecule has 1 aromatic carbocycles. The molecule has 0 radical (unpaired) electrons. The summed E-state index contributed by atoms with van der Waals surface area (Å²) in [5, 5.41) is 3.38. The van der Waals surface area contributed by atoms with Crippen LogP contribution in [0.4, 0.5) is 0 Å². The molecule has 0 amide bonds. The first-order valence-corrected chi connectivity index (χ1v) is 6.53. The first kappa shape index (κ1) is 13.2. The van der Waals surface area contributed by atoms with Crippen LogP contribution in [0.15, 0.2) is 18.2 Å². The van der Waals surface area contributed by atoms with Gasteiger partial charge in [0.15, 0.2) is 11.5 Å². The van der Waals surface area contributed by atoms with E-state index in [0.29, 0.717) is 6.04 Å². The molecule has 1 aliphatic carbocycles. The zero-order valence-corrected chi connectivity index (χ0v) is 11.7. The molecule has 18 heavy (non-hydrogen) atoms. The molecule has 1 saturated carbocycles. The number of hydrogen-bond acceptors (Lipinski definition) is 3. The summed E-state index contributed by atoms with van der Waals surface area (Å²) < 4.78 is 10.7. The van der Waals surface area contributed by atoms with E-state index in [9.17, 15) is 0 Å². The van der Waals surface area contributed by atoms with Gasteiger partial charge < -0.3 is 14.8 Å². The lowest BCUT2D eigenvalue weighted by Crippen LogP contribution is -2.25. The van der Waals surface area contributed by atoms with Crippen molar-refractivity contribution in [2.75, 3.05) is 21.3 Å². The van der Waals surface area contributed by atoms with Crippen molar-refractivity contribution in [2.45, 2.75) is 37.6 Å². The van der Waals surface area contributed by atoms with Crippen LogP contribution in [0.25, 0.3) is 0 Å². The van der Waals surface area contributed by atoms with Gasteiger partial charge in [0.2, 0.25) is 0 Å². The summed E-state index contributed by atoms with van der Waals surface area (Å²) >= 11 is 0. The maximum atomic E-state index is 5.39.